The fourth-order valence-electron chi connectivity index (χ4n) is 3.43. The van der Waals surface area contributed by atoms with Gasteiger partial charge in [0.15, 0.2) is 5.96 Å². The number of nitrogens with one attached hydrogen (secondary N) is 2. The van der Waals surface area contributed by atoms with Crippen molar-refractivity contribution in [2.75, 3.05) is 26.2 Å². The average Bonchev–Trinajstić information content (AvgIpc) is 3.28. The molecule has 2 aromatic rings. The predicted molar refractivity (Wildman–Crippen MR) is 107 cm³/mol. The minimum Gasteiger partial charge on any atom is -0.357 e. The van der Waals surface area contributed by atoms with Crippen LogP contribution in [0.1, 0.15) is 24.7 Å². The van der Waals surface area contributed by atoms with Crippen molar-refractivity contribution in [1.29, 1.82) is 0 Å². The molecule has 29 heavy (non-hydrogen) atoms. The van der Waals surface area contributed by atoms with Crippen molar-refractivity contribution in [3.63, 3.8) is 0 Å². The van der Waals surface area contributed by atoms with Gasteiger partial charge in [-0.25, -0.2) is 9.98 Å². The van der Waals surface area contributed by atoms with Crippen LogP contribution in [0.2, 0.25) is 0 Å². The third-order valence-corrected chi connectivity index (χ3v) is 4.74. The highest BCUT2D eigenvalue weighted by atomic mass is 19.4. The number of aromatic nitrogens is 2. The third kappa shape index (κ3) is 6.77. The lowest BCUT2D eigenvalue weighted by Gasteiger charge is -2.19. The maximum Gasteiger partial charge on any atom is 0.401 e. The summed E-state index contributed by atoms with van der Waals surface area (Å²) in [5, 5.41) is 6.42. The highest BCUT2D eigenvalue weighted by molar-refractivity contribution is 5.80. The minimum absolute atomic E-state index is 0.0563. The van der Waals surface area contributed by atoms with Gasteiger partial charge in [0.25, 0.3) is 0 Å². The SMILES string of the molecule is CCNC(=NCc1nccn1Cc1ccccc1)NC1CCN(CC(F)(F)F)C1. The molecule has 9 heteroatoms. The van der Waals surface area contributed by atoms with E-state index in [0.717, 1.165) is 5.82 Å². The maximum atomic E-state index is 12.6. The number of hydrogen-bond donors (Lipinski definition) is 2. The number of likely N-dealkylation sites (tertiary alicyclic amines) is 1. The molecule has 1 aromatic heterocycles. The molecule has 0 bridgehead atoms. The molecule has 1 aliphatic heterocycles. The van der Waals surface area contributed by atoms with E-state index >= 15 is 0 Å². The van der Waals surface area contributed by atoms with Crippen molar-refractivity contribution in [2.45, 2.75) is 38.7 Å². The van der Waals surface area contributed by atoms with Gasteiger partial charge in [-0.2, -0.15) is 13.2 Å². The van der Waals surface area contributed by atoms with Gasteiger partial charge in [-0.05, 0) is 18.9 Å². The molecule has 0 saturated carbocycles. The standard InChI is InChI=1S/C20H27F3N6/c1-2-24-19(27-17-8-10-28(14-17)15-20(21,22)23)26-12-18-25-9-11-29(18)13-16-6-4-3-5-7-16/h3-7,9,11,17H,2,8,10,12-15H2,1H3,(H2,24,26,27). The molecule has 2 heterocycles. The summed E-state index contributed by atoms with van der Waals surface area (Å²) in [6, 6.07) is 10.0. The summed E-state index contributed by atoms with van der Waals surface area (Å²) >= 11 is 0. The second-order valence-electron chi connectivity index (χ2n) is 7.13. The smallest absolute Gasteiger partial charge is 0.357 e. The van der Waals surface area contributed by atoms with Crippen LogP contribution in [-0.4, -0.2) is 58.8 Å². The van der Waals surface area contributed by atoms with Gasteiger partial charge in [0.1, 0.15) is 12.4 Å². The fourth-order valence-corrected chi connectivity index (χ4v) is 3.43. The van der Waals surface area contributed by atoms with Crippen molar-refractivity contribution >= 4 is 5.96 Å². The second-order valence-corrected chi connectivity index (χ2v) is 7.13. The fraction of sp³-hybridized carbons (Fsp3) is 0.500. The molecular formula is C20H27F3N6. The van der Waals surface area contributed by atoms with Crippen LogP contribution >= 0.6 is 0 Å². The normalized spacial score (nSPS) is 18.2. The highest BCUT2D eigenvalue weighted by Gasteiger charge is 2.34. The largest absolute Gasteiger partial charge is 0.401 e. The molecule has 1 saturated heterocycles. The summed E-state index contributed by atoms with van der Waals surface area (Å²) in [6.07, 6.45) is 0.163. The van der Waals surface area contributed by atoms with E-state index in [-0.39, 0.29) is 6.04 Å². The maximum absolute atomic E-state index is 12.6. The summed E-state index contributed by atoms with van der Waals surface area (Å²) in [5.74, 6) is 1.43. The Hall–Kier alpha value is -2.55. The molecule has 6 nitrogen and oxygen atoms in total. The summed E-state index contributed by atoms with van der Waals surface area (Å²) in [4.78, 5) is 10.4. The minimum atomic E-state index is -4.16. The summed E-state index contributed by atoms with van der Waals surface area (Å²) in [6.45, 7) is 3.64. The monoisotopic (exact) mass is 408 g/mol. The van der Waals surface area contributed by atoms with E-state index in [4.69, 9.17) is 0 Å². The number of benzene rings is 1. The number of guanidine groups is 1. The lowest BCUT2D eigenvalue weighted by molar-refractivity contribution is -0.143. The molecular weight excluding hydrogens is 381 g/mol. The van der Waals surface area contributed by atoms with E-state index in [1.54, 1.807) is 6.20 Å². The van der Waals surface area contributed by atoms with Gasteiger partial charge in [0.05, 0.1) is 6.54 Å². The predicted octanol–water partition coefficient (Wildman–Crippen LogP) is 2.62. The van der Waals surface area contributed by atoms with Crippen molar-refractivity contribution in [2.24, 2.45) is 4.99 Å². The highest BCUT2D eigenvalue weighted by Crippen LogP contribution is 2.20. The van der Waals surface area contributed by atoms with Gasteiger partial charge in [0.2, 0.25) is 0 Å². The quantitative estimate of drug-likeness (QED) is 0.546. The summed E-state index contributed by atoms with van der Waals surface area (Å²) in [5.41, 5.74) is 1.18. The van der Waals surface area contributed by atoms with E-state index in [9.17, 15) is 13.2 Å². The Morgan fingerprint density at radius 1 is 1.28 bits per heavy atom. The van der Waals surface area contributed by atoms with Crippen LogP contribution in [0.25, 0.3) is 0 Å². The zero-order valence-corrected chi connectivity index (χ0v) is 16.5. The first-order chi connectivity index (χ1) is 13.9. The molecule has 158 valence electrons. The van der Waals surface area contributed by atoms with Gasteiger partial charge >= 0.3 is 6.18 Å². The Bertz CT molecular complexity index is 787. The second kappa shape index (κ2) is 9.78. The first-order valence-corrected chi connectivity index (χ1v) is 9.81. The Balaban J connectivity index is 1.58. The first-order valence-electron chi connectivity index (χ1n) is 9.81. The molecule has 1 unspecified atom stereocenters. The van der Waals surface area contributed by atoms with E-state index in [0.29, 0.717) is 45.1 Å². The molecule has 1 fully saturated rings. The van der Waals surface area contributed by atoms with Crippen LogP contribution in [0.15, 0.2) is 47.7 Å². The average molecular weight is 408 g/mol. The molecule has 0 aliphatic carbocycles. The van der Waals surface area contributed by atoms with Crippen LogP contribution in [0.4, 0.5) is 13.2 Å². The third-order valence-electron chi connectivity index (χ3n) is 4.74. The lowest BCUT2D eigenvalue weighted by atomic mass is 10.2. The number of halogens is 3. The number of aliphatic imine (C=N–C) groups is 1. The van der Waals surface area contributed by atoms with Crippen LogP contribution in [0, 0.1) is 0 Å². The van der Waals surface area contributed by atoms with Crippen molar-refractivity contribution in [3.05, 3.63) is 54.1 Å². The number of alkyl halides is 3. The molecule has 0 spiro atoms. The van der Waals surface area contributed by atoms with Gasteiger partial charge in [0, 0.05) is 44.6 Å². The van der Waals surface area contributed by atoms with Gasteiger partial charge in [-0.1, -0.05) is 30.3 Å². The van der Waals surface area contributed by atoms with E-state index < -0.39 is 12.7 Å². The van der Waals surface area contributed by atoms with Crippen LogP contribution in [0.5, 0.6) is 0 Å². The van der Waals surface area contributed by atoms with Gasteiger partial charge in [-0.15, -0.1) is 0 Å². The number of rotatable bonds is 7. The van der Waals surface area contributed by atoms with E-state index in [1.807, 2.05) is 35.9 Å². The summed E-state index contributed by atoms with van der Waals surface area (Å²) < 4.78 is 39.8. The molecule has 0 radical (unpaired) electrons. The molecule has 3 rings (SSSR count). The Kier molecular flexibility index (Phi) is 7.13. The molecule has 0 amide bonds. The van der Waals surface area contributed by atoms with Gasteiger partial charge in [-0.3, -0.25) is 4.90 Å². The topological polar surface area (TPSA) is 57.5 Å². The number of nitrogens with zero attached hydrogens (tertiary/aromatic N) is 4. The van der Waals surface area contributed by atoms with E-state index in [1.165, 1.54) is 10.5 Å². The molecule has 2 N–H and O–H groups in total. The number of hydrogen-bond acceptors (Lipinski definition) is 3. The van der Waals surface area contributed by atoms with Crippen molar-refractivity contribution in [1.82, 2.24) is 25.1 Å². The zero-order chi connectivity index (χ0) is 20.7. The van der Waals surface area contributed by atoms with Crippen molar-refractivity contribution < 1.29 is 13.2 Å². The zero-order valence-electron chi connectivity index (χ0n) is 16.5. The Labute approximate surface area is 168 Å². The van der Waals surface area contributed by atoms with Crippen molar-refractivity contribution in [3.8, 4) is 0 Å². The van der Waals surface area contributed by atoms with E-state index in [2.05, 4.69) is 32.7 Å². The van der Waals surface area contributed by atoms with Crippen LogP contribution in [-0.2, 0) is 13.1 Å². The van der Waals surface area contributed by atoms with Crippen LogP contribution < -0.4 is 10.6 Å². The summed E-state index contributed by atoms with van der Waals surface area (Å²) in [7, 11) is 0. The number of imidazole rings is 1. The van der Waals surface area contributed by atoms with Crippen LogP contribution in [0.3, 0.4) is 0 Å². The first kappa shape index (κ1) is 21.2. The van der Waals surface area contributed by atoms with Gasteiger partial charge < -0.3 is 15.2 Å². The Morgan fingerprint density at radius 2 is 2.07 bits per heavy atom. The lowest BCUT2D eigenvalue weighted by Crippen LogP contribution is -2.45. The molecule has 1 aromatic carbocycles. The molecule has 1 aliphatic rings. The molecule has 1 atom stereocenters. The Morgan fingerprint density at radius 3 is 2.79 bits per heavy atom.